The quantitative estimate of drug-likeness (QED) is 0.783. The van der Waals surface area contributed by atoms with Crippen molar-refractivity contribution < 1.29 is 9.22 Å². The fraction of sp³-hybridized carbons (Fsp3) is 0.133. The first-order valence-electron chi connectivity index (χ1n) is 5.81. The van der Waals surface area contributed by atoms with Crippen LogP contribution >= 0.6 is 0 Å². The number of aryl methyl sites for hydroxylation is 1. The predicted octanol–water partition coefficient (Wildman–Crippen LogP) is 2.91. The second kappa shape index (κ2) is 6.17. The summed E-state index contributed by atoms with van der Waals surface area (Å²) in [6.07, 6.45) is 1.04. The first-order chi connectivity index (χ1) is 8.81. The lowest BCUT2D eigenvalue weighted by molar-refractivity contribution is -0.133. The van der Waals surface area contributed by atoms with Gasteiger partial charge in [-0.05, 0) is 23.1 Å². The highest BCUT2D eigenvalue weighted by molar-refractivity contribution is 6.05. The van der Waals surface area contributed by atoms with Gasteiger partial charge in [-0.1, -0.05) is 54.6 Å². The summed E-state index contributed by atoms with van der Waals surface area (Å²) in [6.45, 7) is 0. The van der Waals surface area contributed by atoms with Crippen molar-refractivity contribution in [1.29, 1.82) is 0 Å². The average molecular weight is 253 g/mol. The maximum Gasteiger partial charge on any atom is 0.345 e. The van der Waals surface area contributed by atoms with Gasteiger partial charge in [-0.15, -0.1) is 0 Å². The summed E-state index contributed by atoms with van der Waals surface area (Å²) in [5.74, 6) is -0.255. The number of rotatable bonds is 4. The topological polar surface area (TPSA) is 26.3 Å². The Kier molecular flexibility index (Phi) is 4.31. The summed E-state index contributed by atoms with van der Waals surface area (Å²) in [5, 5.41) is 0. The van der Waals surface area contributed by atoms with Crippen molar-refractivity contribution in [1.82, 2.24) is 0 Å². The molecule has 0 N–H and O–H groups in total. The van der Waals surface area contributed by atoms with E-state index in [2.05, 4.69) is 33.1 Å². The minimum Gasteiger partial charge on any atom is -0.516 e. The Labute approximate surface area is 110 Å². The maximum absolute atomic E-state index is 11.2. The van der Waals surface area contributed by atoms with Crippen molar-refractivity contribution in [3.63, 3.8) is 0 Å². The van der Waals surface area contributed by atoms with Crippen LogP contribution in [-0.4, -0.2) is 16.5 Å². The van der Waals surface area contributed by atoms with E-state index in [0.29, 0.717) is 12.8 Å². The molecule has 0 spiro atoms. The lowest BCUT2D eigenvalue weighted by Gasteiger charge is -2.09. The molecule has 0 atom stereocenters. The number of hydrogen-bond donors (Lipinski definition) is 0. The fourth-order valence-corrected chi connectivity index (χ4v) is 2.03. The normalized spacial score (nSPS) is 10.1. The van der Waals surface area contributed by atoms with Crippen molar-refractivity contribution in [3.05, 3.63) is 60.2 Å². The Bertz CT molecular complexity index is 523. The Morgan fingerprint density at radius 2 is 1.67 bits per heavy atom. The van der Waals surface area contributed by atoms with Crippen LogP contribution in [0.3, 0.4) is 0 Å². The van der Waals surface area contributed by atoms with E-state index < -0.39 is 0 Å². The number of carbonyl (C=O) groups is 1. The van der Waals surface area contributed by atoms with Gasteiger partial charge >= 0.3 is 10.5 Å². The Morgan fingerprint density at radius 3 is 2.39 bits per heavy atom. The highest BCUT2D eigenvalue weighted by Gasteiger charge is 2.06. The molecule has 89 valence electrons. The van der Waals surface area contributed by atoms with Crippen LogP contribution in [0.4, 0.5) is 0 Å². The van der Waals surface area contributed by atoms with E-state index in [9.17, 15) is 4.79 Å². The molecule has 2 nitrogen and oxygen atoms in total. The van der Waals surface area contributed by atoms with E-state index in [1.165, 1.54) is 11.1 Å². The predicted molar refractivity (Wildman–Crippen MR) is 72.0 cm³/mol. The molecule has 18 heavy (non-hydrogen) atoms. The molecule has 0 aliphatic heterocycles. The standard InChI is InChI=1S/C15H13O2Si/c16-15(17-18)11-10-13-8-4-5-9-14(13)12-6-2-1-3-7-12/h1-9H,10-11H2. The molecule has 0 aromatic heterocycles. The molecular formula is C15H13O2Si. The van der Waals surface area contributed by atoms with E-state index in [1.54, 1.807) is 0 Å². The molecule has 0 bridgehead atoms. The fourth-order valence-electron chi connectivity index (χ4n) is 1.93. The van der Waals surface area contributed by atoms with E-state index in [1.807, 2.05) is 36.4 Å². The molecule has 0 fully saturated rings. The van der Waals surface area contributed by atoms with Crippen LogP contribution < -0.4 is 0 Å². The zero-order valence-corrected chi connectivity index (χ0v) is 10.9. The minimum atomic E-state index is -0.255. The third-order valence-electron chi connectivity index (χ3n) is 2.81. The average Bonchev–Trinajstić information content (AvgIpc) is 2.46. The van der Waals surface area contributed by atoms with Gasteiger partial charge in [0.1, 0.15) is 0 Å². The van der Waals surface area contributed by atoms with Crippen LogP contribution in [-0.2, 0) is 15.6 Å². The summed E-state index contributed by atoms with van der Waals surface area (Å²) in [6, 6.07) is 18.3. The van der Waals surface area contributed by atoms with Gasteiger partial charge in [-0.3, -0.25) is 4.79 Å². The third-order valence-corrected chi connectivity index (χ3v) is 3.04. The summed E-state index contributed by atoms with van der Waals surface area (Å²) in [4.78, 5) is 11.2. The van der Waals surface area contributed by atoms with Gasteiger partial charge < -0.3 is 4.43 Å². The van der Waals surface area contributed by atoms with Gasteiger partial charge in [0.15, 0.2) is 0 Å². The Balaban J connectivity index is 2.24. The van der Waals surface area contributed by atoms with E-state index >= 15 is 0 Å². The van der Waals surface area contributed by atoms with Crippen molar-refractivity contribution in [2.45, 2.75) is 12.8 Å². The van der Waals surface area contributed by atoms with Crippen LogP contribution in [0.2, 0.25) is 0 Å². The molecule has 3 radical (unpaired) electrons. The highest BCUT2D eigenvalue weighted by Crippen LogP contribution is 2.24. The van der Waals surface area contributed by atoms with Crippen LogP contribution in [0.25, 0.3) is 11.1 Å². The van der Waals surface area contributed by atoms with E-state index in [-0.39, 0.29) is 5.97 Å². The lowest BCUT2D eigenvalue weighted by atomic mass is 9.97. The zero-order valence-electron chi connectivity index (χ0n) is 9.93. The molecule has 0 amide bonds. The second-order valence-electron chi connectivity index (χ2n) is 4.00. The smallest absolute Gasteiger partial charge is 0.345 e. The van der Waals surface area contributed by atoms with Gasteiger partial charge in [0, 0.05) is 6.42 Å². The number of benzene rings is 2. The molecule has 0 aliphatic carbocycles. The molecule has 0 aliphatic rings. The molecule has 3 heteroatoms. The second-order valence-corrected chi connectivity index (χ2v) is 4.20. The zero-order chi connectivity index (χ0) is 12.8. The Hall–Kier alpha value is -1.87. The molecule has 0 saturated heterocycles. The summed E-state index contributed by atoms with van der Waals surface area (Å²) < 4.78 is 4.48. The summed E-state index contributed by atoms with van der Waals surface area (Å²) in [7, 11) is 2.75. The molecule has 2 aromatic carbocycles. The van der Waals surface area contributed by atoms with Gasteiger partial charge in [-0.2, -0.15) is 0 Å². The van der Waals surface area contributed by atoms with Gasteiger partial charge in [0.05, 0.1) is 0 Å². The van der Waals surface area contributed by atoms with Crippen LogP contribution in [0.1, 0.15) is 12.0 Å². The first-order valence-corrected chi connectivity index (χ1v) is 6.22. The minimum absolute atomic E-state index is 0.255. The van der Waals surface area contributed by atoms with Crippen molar-refractivity contribution in [2.24, 2.45) is 0 Å². The van der Waals surface area contributed by atoms with Gasteiger partial charge in [0.2, 0.25) is 0 Å². The maximum atomic E-state index is 11.2. The van der Waals surface area contributed by atoms with E-state index in [0.717, 1.165) is 5.56 Å². The van der Waals surface area contributed by atoms with Crippen LogP contribution in [0, 0.1) is 0 Å². The molecular weight excluding hydrogens is 240 g/mol. The largest absolute Gasteiger partial charge is 0.516 e. The molecule has 0 unspecified atom stereocenters. The van der Waals surface area contributed by atoms with Crippen molar-refractivity contribution >= 4 is 16.5 Å². The number of carbonyl (C=O) groups excluding carboxylic acids is 1. The Morgan fingerprint density at radius 1 is 1.00 bits per heavy atom. The SMILES string of the molecule is O=C(CCc1ccccc1-c1ccccc1)O[Si]. The molecule has 2 aromatic rings. The summed E-state index contributed by atoms with van der Waals surface area (Å²) in [5.41, 5.74) is 3.49. The number of hydrogen-bond acceptors (Lipinski definition) is 2. The monoisotopic (exact) mass is 253 g/mol. The van der Waals surface area contributed by atoms with Gasteiger partial charge in [-0.25, -0.2) is 0 Å². The van der Waals surface area contributed by atoms with Crippen molar-refractivity contribution in [2.75, 3.05) is 0 Å². The van der Waals surface area contributed by atoms with Crippen LogP contribution in [0.15, 0.2) is 54.6 Å². The van der Waals surface area contributed by atoms with Crippen molar-refractivity contribution in [3.8, 4) is 11.1 Å². The molecule has 0 saturated carbocycles. The third kappa shape index (κ3) is 3.08. The molecule has 0 heterocycles. The first kappa shape index (κ1) is 12.6. The molecule has 2 rings (SSSR count). The van der Waals surface area contributed by atoms with Gasteiger partial charge in [0.25, 0.3) is 5.97 Å². The van der Waals surface area contributed by atoms with Crippen LogP contribution in [0.5, 0.6) is 0 Å². The highest BCUT2D eigenvalue weighted by atomic mass is 28.2. The summed E-state index contributed by atoms with van der Waals surface area (Å²) >= 11 is 0. The van der Waals surface area contributed by atoms with E-state index in [4.69, 9.17) is 0 Å². The lowest BCUT2D eigenvalue weighted by Crippen LogP contribution is -2.03.